The molecule has 7 rings (SSSR count). The molecule has 312 valence electrons. The second kappa shape index (κ2) is 31.1. The summed E-state index contributed by atoms with van der Waals surface area (Å²) in [5.41, 5.74) is 0. The van der Waals surface area contributed by atoms with Crippen molar-refractivity contribution in [3.8, 4) is 0 Å². The number of hydrogen-bond donors (Lipinski definition) is 0. The van der Waals surface area contributed by atoms with E-state index in [1.807, 2.05) is 27.7 Å². The molecule has 52 heavy (non-hydrogen) atoms. The van der Waals surface area contributed by atoms with E-state index in [1.54, 1.807) is 44.9 Å². The number of rotatable bonds is 2. The zero-order valence-corrected chi connectivity index (χ0v) is 38.7. The molecule has 7 aliphatic rings. The lowest BCUT2D eigenvalue weighted by Crippen LogP contribution is -2.26. The first-order valence-corrected chi connectivity index (χ1v) is 25.1. The third-order valence-corrected chi connectivity index (χ3v) is 15.0. The third-order valence-electron chi connectivity index (χ3n) is 15.0. The van der Waals surface area contributed by atoms with Crippen molar-refractivity contribution in [3.05, 3.63) is 0 Å². The summed E-state index contributed by atoms with van der Waals surface area (Å²) in [4.78, 5) is 0. The fourth-order valence-corrected chi connectivity index (χ4v) is 10.0. The standard InChI is InChI=1S/C20H36.2C9H18.2C5H10.2C2H6/c1-15-5-3-6-18(11-9-15)19-12-10-16(2)13-20(14-19)17-7-4-8-17;2*1-8-4-3-5-9(2)7-6-8;2*1-5-3-2-4-5;2*1-2/h15-20H,3-14H2,1-2H3;2*8-9H,3-7H2,1-2H3;2*5H,2-4H2,1H3;2*1-2H3. The van der Waals surface area contributed by atoms with Gasteiger partial charge in [-0.05, 0) is 96.7 Å². The van der Waals surface area contributed by atoms with E-state index in [4.69, 9.17) is 0 Å². The molecule has 0 amide bonds. The first-order chi connectivity index (χ1) is 25.1. The highest BCUT2D eigenvalue weighted by atomic mass is 14.4. The average molecular weight is 729 g/mol. The Labute approximate surface area is 332 Å². The van der Waals surface area contributed by atoms with Crippen molar-refractivity contribution in [2.45, 2.75) is 263 Å². The van der Waals surface area contributed by atoms with E-state index in [0.29, 0.717) is 0 Å². The zero-order chi connectivity index (χ0) is 38.7. The van der Waals surface area contributed by atoms with Crippen LogP contribution in [0.15, 0.2) is 0 Å². The summed E-state index contributed by atoms with van der Waals surface area (Å²) in [6.45, 7) is 27.2. The fraction of sp³-hybridized carbons (Fsp3) is 1.00. The van der Waals surface area contributed by atoms with Crippen LogP contribution in [0.2, 0.25) is 0 Å². The van der Waals surface area contributed by atoms with E-state index in [9.17, 15) is 0 Å². The molecule has 0 radical (unpaired) electrons. The van der Waals surface area contributed by atoms with Crippen LogP contribution in [-0.4, -0.2) is 0 Å². The lowest BCUT2D eigenvalue weighted by Gasteiger charge is -2.37. The van der Waals surface area contributed by atoms with Crippen molar-refractivity contribution in [2.75, 3.05) is 0 Å². The van der Waals surface area contributed by atoms with Gasteiger partial charge in [-0.2, -0.15) is 0 Å². The Hall–Kier alpha value is 0. The van der Waals surface area contributed by atoms with Gasteiger partial charge in [0.15, 0.2) is 0 Å². The van der Waals surface area contributed by atoms with Gasteiger partial charge in [0.05, 0.1) is 0 Å². The van der Waals surface area contributed by atoms with Crippen LogP contribution in [0.4, 0.5) is 0 Å². The topological polar surface area (TPSA) is 0 Å². The maximum atomic E-state index is 2.53. The van der Waals surface area contributed by atoms with Gasteiger partial charge in [-0.15, -0.1) is 0 Å². The molecule has 7 fully saturated rings. The molecule has 0 aromatic heterocycles. The highest BCUT2D eigenvalue weighted by molar-refractivity contribution is 4.86. The van der Waals surface area contributed by atoms with E-state index < -0.39 is 0 Å². The highest BCUT2D eigenvalue weighted by Crippen LogP contribution is 2.47. The van der Waals surface area contributed by atoms with Crippen LogP contribution in [0.3, 0.4) is 0 Å². The van der Waals surface area contributed by atoms with Gasteiger partial charge in [0.1, 0.15) is 0 Å². The monoisotopic (exact) mass is 729 g/mol. The van der Waals surface area contributed by atoms with Gasteiger partial charge in [0, 0.05) is 0 Å². The van der Waals surface area contributed by atoms with E-state index in [-0.39, 0.29) is 0 Å². The van der Waals surface area contributed by atoms with Gasteiger partial charge in [0.2, 0.25) is 0 Å². The average Bonchev–Trinajstić information content (AvgIpc) is 3.59. The van der Waals surface area contributed by atoms with Crippen LogP contribution in [0.25, 0.3) is 0 Å². The van der Waals surface area contributed by atoms with Crippen LogP contribution in [0.5, 0.6) is 0 Å². The van der Waals surface area contributed by atoms with Gasteiger partial charge in [-0.1, -0.05) is 237 Å². The van der Waals surface area contributed by atoms with E-state index >= 15 is 0 Å². The lowest BCUT2D eigenvalue weighted by atomic mass is 9.69. The Balaban J connectivity index is 0.000000353. The van der Waals surface area contributed by atoms with E-state index in [1.165, 1.54) is 135 Å². The summed E-state index contributed by atoms with van der Waals surface area (Å²) < 4.78 is 0. The van der Waals surface area contributed by atoms with Gasteiger partial charge < -0.3 is 0 Å². The molecule has 0 aromatic rings. The predicted octanol–water partition coefficient (Wildman–Crippen LogP) is 18.6. The number of hydrogen-bond acceptors (Lipinski definition) is 0. The van der Waals surface area contributed by atoms with Crippen LogP contribution in [0.1, 0.15) is 263 Å². The van der Waals surface area contributed by atoms with Crippen LogP contribution < -0.4 is 0 Å². The molecular formula is C52H104. The summed E-state index contributed by atoms with van der Waals surface area (Å²) in [6, 6.07) is 0. The van der Waals surface area contributed by atoms with Gasteiger partial charge in [-0.3, -0.25) is 0 Å². The van der Waals surface area contributed by atoms with Crippen molar-refractivity contribution >= 4 is 0 Å². The summed E-state index contributed by atoms with van der Waals surface area (Å²) in [5.74, 6) is 12.6. The Morgan fingerprint density at radius 2 is 0.423 bits per heavy atom. The third kappa shape index (κ3) is 23.2. The summed E-state index contributed by atoms with van der Waals surface area (Å²) >= 11 is 0. The van der Waals surface area contributed by atoms with Crippen LogP contribution in [-0.2, 0) is 0 Å². The minimum Gasteiger partial charge on any atom is -0.0683 e. The maximum absolute atomic E-state index is 2.53. The summed E-state index contributed by atoms with van der Waals surface area (Å²) in [5, 5.41) is 0. The molecule has 0 N–H and O–H groups in total. The Morgan fingerprint density at radius 1 is 0.192 bits per heavy atom. The molecule has 7 saturated carbocycles. The molecule has 0 aliphatic heterocycles. The molecule has 0 aromatic carbocycles. The fourth-order valence-electron chi connectivity index (χ4n) is 10.0. The van der Waals surface area contributed by atoms with Crippen LogP contribution in [0, 0.1) is 71.0 Å². The van der Waals surface area contributed by atoms with Crippen LogP contribution >= 0.6 is 0 Å². The van der Waals surface area contributed by atoms with E-state index in [0.717, 1.165) is 71.0 Å². The van der Waals surface area contributed by atoms with Gasteiger partial charge >= 0.3 is 0 Å². The minimum atomic E-state index is 1.01. The first-order valence-electron chi connectivity index (χ1n) is 25.1. The SMILES string of the molecule is CC.CC.CC1CCC1.CC1CCC1.CC1CCCC(C)CC1.CC1CCCC(C)CC1.CC1CCCC(C2CCC(C)CC(C3CCC3)C2)CC1. The zero-order valence-electron chi connectivity index (χ0n) is 38.7. The summed E-state index contributed by atoms with van der Waals surface area (Å²) in [6.07, 6.45) is 42.2. The Bertz CT molecular complexity index is 702. The minimum absolute atomic E-state index is 1.01. The quantitative estimate of drug-likeness (QED) is 0.248. The maximum Gasteiger partial charge on any atom is -0.0381 e. The van der Waals surface area contributed by atoms with Crippen molar-refractivity contribution < 1.29 is 0 Å². The second-order valence-corrected chi connectivity index (χ2v) is 20.2. The first kappa shape index (κ1) is 50.0. The van der Waals surface area contributed by atoms with Crippen molar-refractivity contribution in [2.24, 2.45) is 71.0 Å². The second-order valence-electron chi connectivity index (χ2n) is 20.2. The van der Waals surface area contributed by atoms with Crippen molar-refractivity contribution in [1.82, 2.24) is 0 Å². The molecule has 9 atom stereocenters. The summed E-state index contributed by atoms with van der Waals surface area (Å²) in [7, 11) is 0. The Morgan fingerprint density at radius 3 is 0.750 bits per heavy atom. The molecule has 0 bridgehead atoms. The van der Waals surface area contributed by atoms with Crippen molar-refractivity contribution in [1.29, 1.82) is 0 Å². The van der Waals surface area contributed by atoms with Gasteiger partial charge in [-0.25, -0.2) is 0 Å². The molecular weight excluding hydrogens is 625 g/mol. The molecule has 9 unspecified atom stereocenters. The smallest absolute Gasteiger partial charge is 0.0381 e. The van der Waals surface area contributed by atoms with E-state index in [2.05, 4.69) is 55.4 Å². The van der Waals surface area contributed by atoms with Gasteiger partial charge in [0.25, 0.3) is 0 Å². The Kier molecular flexibility index (Phi) is 29.9. The molecule has 0 spiro atoms. The highest BCUT2D eigenvalue weighted by Gasteiger charge is 2.35. The predicted molar refractivity (Wildman–Crippen MR) is 239 cm³/mol. The largest absolute Gasteiger partial charge is 0.0683 e. The molecule has 0 heterocycles. The molecule has 0 nitrogen and oxygen atoms in total. The molecule has 7 aliphatic carbocycles. The normalized spacial score (nSPS) is 35.4. The molecule has 0 heteroatoms. The van der Waals surface area contributed by atoms with Crippen molar-refractivity contribution in [3.63, 3.8) is 0 Å². The lowest BCUT2D eigenvalue weighted by molar-refractivity contribution is 0.144. The molecule has 0 saturated heterocycles.